The number of rotatable bonds is 7. The maximum absolute atomic E-state index is 10.9. The molecule has 0 atom stereocenters. The molecular formula is C25H29ClN6O4. The molecule has 1 saturated heterocycles. The molecule has 2 N–H and O–H groups in total. The van der Waals surface area contributed by atoms with Crippen LogP contribution < -0.4 is 15.0 Å². The third kappa shape index (κ3) is 5.71. The lowest BCUT2D eigenvalue weighted by atomic mass is 9.86. The Hall–Kier alpha value is -3.37. The fourth-order valence-corrected chi connectivity index (χ4v) is 4.95. The lowest BCUT2D eigenvalue weighted by Crippen LogP contribution is -2.37. The van der Waals surface area contributed by atoms with Crippen molar-refractivity contribution in [3.8, 4) is 22.7 Å². The molecule has 190 valence electrons. The highest BCUT2D eigenvalue weighted by molar-refractivity contribution is 6.31. The Morgan fingerprint density at radius 2 is 1.83 bits per heavy atom. The Kier molecular flexibility index (Phi) is 7.52. The van der Waals surface area contributed by atoms with Crippen LogP contribution in [-0.2, 0) is 4.74 Å². The number of hydrogen-bond donors (Lipinski definition) is 2. The first kappa shape index (κ1) is 24.3. The zero-order valence-electron chi connectivity index (χ0n) is 19.8. The van der Waals surface area contributed by atoms with E-state index in [4.69, 9.17) is 26.2 Å². The van der Waals surface area contributed by atoms with Gasteiger partial charge in [0, 0.05) is 36.6 Å². The fraction of sp³-hybridized carbons (Fsp3) is 0.440. The van der Waals surface area contributed by atoms with Gasteiger partial charge in [-0.15, -0.1) is 0 Å². The molecule has 1 amide bonds. The fourth-order valence-electron chi connectivity index (χ4n) is 4.76. The lowest BCUT2D eigenvalue weighted by molar-refractivity contribution is 0.122. The number of ether oxygens (including phenoxy) is 2. The average molecular weight is 513 g/mol. The van der Waals surface area contributed by atoms with E-state index in [2.05, 4.69) is 37.4 Å². The Labute approximate surface area is 214 Å². The van der Waals surface area contributed by atoms with Gasteiger partial charge < -0.3 is 24.8 Å². The van der Waals surface area contributed by atoms with E-state index in [9.17, 15) is 4.79 Å². The molecule has 11 heteroatoms. The first-order valence-electron chi connectivity index (χ1n) is 12.2. The summed E-state index contributed by atoms with van der Waals surface area (Å²) in [5, 5.41) is 16.3. The second-order valence-corrected chi connectivity index (χ2v) is 9.47. The van der Waals surface area contributed by atoms with Gasteiger partial charge >= 0.3 is 6.09 Å². The van der Waals surface area contributed by atoms with Crippen molar-refractivity contribution < 1.29 is 19.4 Å². The molecule has 0 bridgehead atoms. The monoisotopic (exact) mass is 512 g/mol. The first-order chi connectivity index (χ1) is 17.6. The molecule has 10 nitrogen and oxygen atoms in total. The molecule has 36 heavy (non-hydrogen) atoms. The smallest absolute Gasteiger partial charge is 0.404 e. The number of anilines is 1. The third-order valence-electron chi connectivity index (χ3n) is 6.74. The van der Waals surface area contributed by atoms with Crippen LogP contribution in [0.3, 0.4) is 0 Å². The number of carbonyl (C=O) groups is 1. The number of aromatic nitrogens is 4. The first-order valence-corrected chi connectivity index (χ1v) is 12.6. The summed E-state index contributed by atoms with van der Waals surface area (Å²) in [6.07, 6.45) is 7.44. The minimum Gasteiger partial charge on any atom is -0.488 e. The second-order valence-electron chi connectivity index (χ2n) is 9.11. The number of halogens is 1. The van der Waals surface area contributed by atoms with Gasteiger partial charge in [0.05, 0.1) is 31.7 Å². The zero-order valence-corrected chi connectivity index (χ0v) is 20.6. The maximum Gasteiger partial charge on any atom is 0.404 e. The van der Waals surface area contributed by atoms with Crippen LogP contribution in [0.2, 0.25) is 5.15 Å². The normalized spacial score (nSPS) is 20.2. The van der Waals surface area contributed by atoms with E-state index in [1.165, 1.54) is 12.0 Å². The number of benzene rings is 1. The van der Waals surface area contributed by atoms with Gasteiger partial charge in [-0.05, 0) is 55.9 Å². The van der Waals surface area contributed by atoms with E-state index >= 15 is 0 Å². The van der Waals surface area contributed by atoms with Crippen molar-refractivity contribution in [1.82, 2.24) is 25.1 Å². The van der Waals surface area contributed by atoms with Crippen molar-refractivity contribution in [2.24, 2.45) is 5.92 Å². The molecule has 1 saturated carbocycles. The van der Waals surface area contributed by atoms with Gasteiger partial charge in [0.1, 0.15) is 12.0 Å². The number of nitrogens with zero attached hydrogens (tertiary/aromatic N) is 5. The van der Waals surface area contributed by atoms with Crippen LogP contribution in [0.5, 0.6) is 5.75 Å². The summed E-state index contributed by atoms with van der Waals surface area (Å²) in [5.41, 5.74) is 3.47. The third-order valence-corrected chi connectivity index (χ3v) is 7.01. The Balaban J connectivity index is 1.26. The molecule has 1 aromatic carbocycles. The molecule has 3 aromatic rings. The number of carboxylic acid groups (broad SMARTS) is 1. The Morgan fingerprint density at radius 3 is 2.56 bits per heavy atom. The molecule has 2 fully saturated rings. The highest BCUT2D eigenvalue weighted by atomic mass is 35.5. The number of morpholine rings is 1. The van der Waals surface area contributed by atoms with Crippen LogP contribution >= 0.6 is 11.6 Å². The molecule has 2 aliphatic rings. The van der Waals surface area contributed by atoms with Crippen LogP contribution in [0.1, 0.15) is 25.7 Å². The van der Waals surface area contributed by atoms with Crippen LogP contribution in [0.25, 0.3) is 16.9 Å². The Bertz CT molecular complexity index is 1170. The topological polar surface area (TPSA) is 115 Å². The molecule has 5 rings (SSSR count). The van der Waals surface area contributed by atoms with Crippen LogP contribution in [0, 0.1) is 5.92 Å². The highest BCUT2D eigenvalue weighted by Crippen LogP contribution is 2.34. The van der Waals surface area contributed by atoms with Gasteiger partial charge in [-0.25, -0.2) is 19.4 Å². The predicted octanol–water partition coefficient (Wildman–Crippen LogP) is 4.02. The summed E-state index contributed by atoms with van der Waals surface area (Å²) in [4.78, 5) is 21.7. The number of hydrogen-bond acceptors (Lipinski definition) is 7. The van der Waals surface area contributed by atoms with E-state index in [-0.39, 0.29) is 11.2 Å². The van der Waals surface area contributed by atoms with Crippen molar-refractivity contribution in [3.63, 3.8) is 0 Å². The summed E-state index contributed by atoms with van der Waals surface area (Å²) in [6, 6.07) is 8.28. The van der Waals surface area contributed by atoms with Crippen molar-refractivity contribution in [2.45, 2.75) is 31.7 Å². The quantitative estimate of drug-likeness (QED) is 0.456. The molecule has 3 heterocycles. The molecular weight excluding hydrogens is 484 g/mol. The standard InChI is InChI=1S/C25H29ClN6O4/c26-24-23(36-15-17-1-3-19(4-2-17)30-25(33)34)22(27-16-28-24)18-13-29-32(14-18)21-7-5-20(6-8-21)31-9-11-35-12-10-31/h5-8,13-14,16-17,19,30H,1-4,9-12,15H2,(H,33,34). The largest absolute Gasteiger partial charge is 0.488 e. The molecule has 0 unspecified atom stereocenters. The van der Waals surface area contributed by atoms with Gasteiger partial charge in [-0.3, -0.25) is 0 Å². The highest BCUT2D eigenvalue weighted by Gasteiger charge is 2.24. The summed E-state index contributed by atoms with van der Waals surface area (Å²) >= 11 is 6.40. The predicted molar refractivity (Wildman–Crippen MR) is 135 cm³/mol. The minimum atomic E-state index is -0.971. The van der Waals surface area contributed by atoms with Gasteiger partial charge in [0.25, 0.3) is 0 Å². The number of nitrogens with one attached hydrogen (secondary N) is 1. The summed E-state index contributed by atoms with van der Waals surface area (Å²) < 4.78 is 13.4. The van der Waals surface area contributed by atoms with Crippen LogP contribution in [0.15, 0.2) is 43.0 Å². The van der Waals surface area contributed by atoms with Crippen LogP contribution in [0.4, 0.5) is 10.5 Å². The minimum absolute atomic E-state index is 0.00623. The summed E-state index contributed by atoms with van der Waals surface area (Å²) in [5.74, 6) is 0.751. The second kappa shape index (κ2) is 11.1. The van der Waals surface area contributed by atoms with Gasteiger partial charge in [-0.2, -0.15) is 5.10 Å². The van der Waals surface area contributed by atoms with Gasteiger partial charge in [-0.1, -0.05) is 11.6 Å². The van der Waals surface area contributed by atoms with E-state index in [1.807, 2.05) is 18.3 Å². The van der Waals surface area contributed by atoms with Gasteiger partial charge in [0.2, 0.25) is 0 Å². The lowest BCUT2D eigenvalue weighted by Gasteiger charge is -2.28. The molecule has 1 aliphatic carbocycles. The van der Waals surface area contributed by atoms with Gasteiger partial charge in [0.15, 0.2) is 10.9 Å². The summed E-state index contributed by atoms with van der Waals surface area (Å²) in [7, 11) is 0. The van der Waals surface area contributed by atoms with Crippen molar-refractivity contribution in [2.75, 3.05) is 37.8 Å². The average Bonchev–Trinajstić information content (AvgIpc) is 3.39. The molecule has 1 aliphatic heterocycles. The van der Waals surface area contributed by atoms with E-state index in [0.717, 1.165) is 63.2 Å². The van der Waals surface area contributed by atoms with E-state index in [1.54, 1.807) is 10.9 Å². The molecule has 2 aromatic heterocycles. The van der Waals surface area contributed by atoms with Crippen molar-refractivity contribution >= 4 is 23.4 Å². The Morgan fingerprint density at radius 1 is 1.11 bits per heavy atom. The maximum atomic E-state index is 10.9. The molecule has 0 radical (unpaired) electrons. The van der Waals surface area contributed by atoms with Crippen LogP contribution in [-0.4, -0.2) is 69.9 Å². The van der Waals surface area contributed by atoms with Crippen molar-refractivity contribution in [1.29, 1.82) is 0 Å². The van der Waals surface area contributed by atoms with E-state index in [0.29, 0.717) is 24.0 Å². The SMILES string of the molecule is O=C(O)NC1CCC(COc2c(Cl)ncnc2-c2cnn(-c3ccc(N4CCOCC4)cc3)c2)CC1. The van der Waals surface area contributed by atoms with Crippen molar-refractivity contribution in [3.05, 3.63) is 48.1 Å². The zero-order chi connectivity index (χ0) is 24.9. The van der Waals surface area contributed by atoms with E-state index < -0.39 is 6.09 Å². The molecule has 0 spiro atoms. The number of amides is 1. The summed E-state index contributed by atoms with van der Waals surface area (Å²) in [6.45, 7) is 3.75.